The third-order valence-electron chi connectivity index (χ3n) is 7.55. The summed E-state index contributed by atoms with van der Waals surface area (Å²) in [5, 5.41) is 14.1. The molecule has 0 saturated heterocycles. The predicted octanol–water partition coefficient (Wildman–Crippen LogP) is 5.32. The fourth-order valence-corrected chi connectivity index (χ4v) is 5.42. The number of methoxy groups -OCH3 is 2. The topological polar surface area (TPSA) is 125 Å². The molecule has 0 saturated carbocycles. The van der Waals surface area contributed by atoms with Crippen LogP contribution in [-0.4, -0.2) is 43.0 Å². The van der Waals surface area contributed by atoms with E-state index in [1.807, 2.05) is 91.0 Å². The highest BCUT2D eigenvalue weighted by Crippen LogP contribution is 2.42. The second-order valence-corrected chi connectivity index (χ2v) is 9.98. The molecule has 0 spiro atoms. The lowest BCUT2D eigenvalue weighted by atomic mass is 9.67. The number of non-ortho nitro benzene ring substituents is 1. The van der Waals surface area contributed by atoms with Crippen LogP contribution >= 0.6 is 0 Å². The third kappa shape index (κ3) is 6.95. The Balaban J connectivity index is 1.79. The maximum atomic E-state index is 14.1. The predicted molar refractivity (Wildman–Crippen MR) is 160 cm³/mol. The van der Waals surface area contributed by atoms with Crippen LogP contribution in [0.4, 0.5) is 5.69 Å². The molecule has 0 radical (unpaired) electrons. The summed E-state index contributed by atoms with van der Waals surface area (Å²) in [4.78, 5) is 50.4. The maximum absolute atomic E-state index is 14.1. The summed E-state index contributed by atoms with van der Waals surface area (Å²) in [6.45, 7) is 0. The summed E-state index contributed by atoms with van der Waals surface area (Å²) < 4.78 is 9.94. The van der Waals surface area contributed by atoms with Crippen molar-refractivity contribution in [2.75, 3.05) is 14.2 Å². The molecular weight excluding hydrogens is 548 g/mol. The zero-order valence-corrected chi connectivity index (χ0v) is 23.8. The van der Waals surface area contributed by atoms with Gasteiger partial charge in [0.1, 0.15) is 6.04 Å². The molecule has 0 bridgehead atoms. The molecule has 220 valence electrons. The normalized spacial score (nSPS) is 12.4. The first-order chi connectivity index (χ1) is 20.8. The molecule has 1 N–H and O–H groups in total. The van der Waals surface area contributed by atoms with Gasteiger partial charge in [0.15, 0.2) is 0 Å². The zero-order valence-electron chi connectivity index (χ0n) is 23.8. The Hall–Kier alpha value is -5.31. The largest absolute Gasteiger partial charge is 0.469 e. The van der Waals surface area contributed by atoms with Crippen molar-refractivity contribution in [3.8, 4) is 0 Å². The minimum Gasteiger partial charge on any atom is -0.469 e. The average Bonchev–Trinajstić information content (AvgIpc) is 3.06. The Morgan fingerprint density at radius 2 is 1.21 bits per heavy atom. The van der Waals surface area contributed by atoms with Crippen LogP contribution in [0.15, 0.2) is 115 Å². The van der Waals surface area contributed by atoms with E-state index >= 15 is 0 Å². The van der Waals surface area contributed by atoms with Crippen LogP contribution in [0.5, 0.6) is 0 Å². The van der Waals surface area contributed by atoms with E-state index in [4.69, 9.17) is 9.47 Å². The van der Waals surface area contributed by atoms with Crippen LogP contribution in [0.1, 0.15) is 41.0 Å². The van der Waals surface area contributed by atoms with Gasteiger partial charge in [-0.15, -0.1) is 0 Å². The fraction of sp³-hybridized carbons (Fsp3) is 0.206. The van der Waals surface area contributed by atoms with Gasteiger partial charge in [0.05, 0.1) is 31.0 Å². The van der Waals surface area contributed by atoms with Crippen LogP contribution < -0.4 is 5.32 Å². The first-order valence-corrected chi connectivity index (χ1v) is 13.6. The van der Waals surface area contributed by atoms with E-state index in [1.165, 1.54) is 38.5 Å². The minimum absolute atomic E-state index is 0.0796. The molecule has 0 aliphatic heterocycles. The van der Waals surface area contributed by atoms with Crippen molar-refractivity contribution in [3.05, 3.63) is 148 Å². The van der Waals surface area contributed by atoms with Crippen molar-refractivity contribution in [2.45, 2.75) is 30.2 Å². The standard InChI is InChI=1S/C34H32N2O7/c1-42-31(38)22-29(24-18-20-28(21-19-24)36(40)41)32(33(39)43-2)35-30(37)23-34(25-12-6-3-7-13-25,26-14-8-4-9-15-26)27-16-10-5-11-17-27/h3-21,29,32H,22-23H2,1-2H3,(H,35,37)/t29-,32+/m0/s1. The van der Waals surface area contributed by atoms with Gasteiger partial charge in [-0.25, -0.2) is 4.79 Å². The molecule has 0 unspecified atom stereocenters. The van der Waals surface area contributed by atoms with Crippen molar-refractivity contribution >= 4 is 23.5 Å². The summed E-state index contributed by atoms with van der Waals surface area (Å²) >= 11 is 0. The average molecular weight is 581 g/mol. The second kappa shape index (κ2) is 14.0. The molecule has 43 heavy (non-hydrogen) atoms. The fourth-order valence-electron chi connectivity index (χ4n) is 5.42. The summed E-state index contributed by atoms with van der Waals surface area (Å²) in [6.07, 6.45) is -0.362. The number of hydrogen-bond acceptors (Lipinski definition) is 7. The Kier molecular flexibility index (Phi) is 10.0. The number of ether oxygens (including phenoxy) is 2. The second-order valence-electron chi connectivity index (χ2n) is 9.98. The first-order valence-electron chi connectivity index (χ1n) is 13.6. The van der Waals surface area contributed by atoms with Crippen LogP contribution in [0, 0.1) is 10.1 Å². The molecule has 4 aromatic carbocycles. The number of nitro benzene ring substituents is 1. The van der Waals surface area contributed by atoms with Gasteiger partial charge in [-0.3, -0.25) is 19.7 Å². The molecule has 0 aliphatic rings. The molecule has 9 heteroatoms. The summed E-state index contributed by atoms with van der Waals surface area (Å²) in [5.74, 6) is -2.79. The van der Waals surface area contributed by atoms with Gasteiger partial charge >= 0.3 is 11.9 Å². The number of hydrogen-bond donors (Lipinski definition) is 1. The Morgan fingerprint density at radius 1 is 0.744 bits per heavy atom. The minimum atomic E-state index is -1.29. The molecule has 0 aliphatic carbocycles. The SMILES string of the molecule is COC(=O)C[C@@H](c1ccc([N+](=O)[O-])cc1)[C@@H](NC(=O)CC(c1ccccc1)(c1ccccc1)c1ccccc1)C(=O)OC. The van der Waals surface area contributed by atoms with Crippen molar-refractivity contribution in [2.24, 2.45) is 0 Å². The lowest BCUT2D eigenvalue weighted by molar-refractivity contribution is -0.384. The van der Waals surface area contributed by atoms with E-state index in [0.717, 1.165) is 16.7 Å². The number of carbonyl (C=O) groups is 3. The smallest absolute Gasteiger partial charge is 0.329 e. The van der Waals surface area contributed by atoms with E-state index in [9.17, 15) is 24.5 Å². The van der Waals surface area contributed by atoms with Gasteiger partial charge in [0.25, 0.3) is 5.69 Å². The van der Waals surface area contributed by atoms with Crippen molar-refractivity contribution < 1.29 is 28.8 Å². The van der Waals surface area contributed by atoms with Crippen molar-refractivity contribution in [1.29, 1.82) is 0 Å². The zero-order chi connectivity index (χ0) is 30.8. The highest BCUT2D eigenvalue weighted by Gasteiger charge is 2.41. The molecular formula is C34H32N2O7. The molecule has 4 aromatic rings. The summed E-state index contributed by atoms with van der Waals surface area (Å²) in [7, 11) is 2.41. The van der Waals surface area contributed by atoms with Crippen molar-refractivity contribution in [3.63, 3.8) is 0 Å². The Labute approximate surface area is 249 Å². The number of nitrogens with one attached hydrogen (secondary N) is 1. The number of benzene rings is 4. The van der Waals surface area contributed by atoms with Gasteiger partial charge in [-0.1, -0.05) is 103 Å². The van der Waals surface area contributed by atoms with Gasteiger partial charge in [-0.05, 0) is 22.3 Å². The van der Waals surface area contributed by atoms with E-state index in [0.29, 0.717) is 5.56 Å². The van der Waals surface area contributed by atoms with Crippen LogP contribution in [0.2, 0.25) is 0 Å². The first kappa shape index (κ1) is 30.6. The van der Waals surface area contributed by atoms with Gasteiger partial charge in [0, 0.05) is 24.5 Å². The summed E-state index contributed by atoms with van der Waals surface area (Å²) in [5.41, 5.74) is 1.96. The quantitative estimate of drug-likeness (QED) is 0.104. The maximum Gasteiger partial charge on any atom is 0.329 e. The number of amides is 1. The van der Waals surface area contributed by atoms with E-state index < -0.39 is 40.1 Å². The molecule has 0 heterocycles. The van der Waals surface area contributed by atoms with Crippen LogP contribution in [0.25, 0.3) is 0 Å². The molecule has 2 atom stereocenters. The molecule has 9 nitrogen and oxygen atoms in total. The third-order valence-corrected chi connectivity index (χ3v) is 7.55. The summed E-state index contributed by atoms with van der Waals surface area (Å²) in [6, 6.07) is 33.1. The number of rotatable bonds is 12. The van der Waals surface area contributed by atoms with Crippen LogP contribution in [0.3, 0.4) is 0 Å². The van der Waals surface area contributed by atoms with Crippen molar-refractivity contribution in [1.82, 2.24) is 5.32 Å². The number of carbonyl (C=O) groups excluding carboxylic acids is 3. The molecule has 4 rings (SSSR count). The molecule has 0 aromatic heterocycles. The molecule has 0 fully saturated rings. The van der Waals surface area contributed by atoms with E-state index in [-0.39, 0.29) is 18.5 Å². The van der Waals surface area contributed by atoms with Gasteiger partial charge < -0.3 is 14.8 Å². The number of nitro groups is 1. The van der Waals surface area contributed by atoms with Gasteiger partial charge in [-0.2, -0.15) is 0 Å². The lowest BCUT2D eigenvalue weighted by Crippen LogP contribution is -2.48. The highest BCUT2D eigenvalue weighted by atomic mass is 16.6. The van der Waals surface area contributed by atoms with Crippen LogP contribution in [-0.2, 0) is 29.3 Å². The number of esters is 2. The molecule has 1 amide bonds. The Morgan fingerprint density at radius 3 is 1.60 bits per heavy atom. The number of nitrogens with zero attached hydrogens (tertiary/aromatic N) is 1. The monoisotopic (exact) mass is 580 g/mol. The Bertz CT molecular complexity index is 1450. The van der Waals surface area contributed by atoms with E-state index in [2.05, 4.69) is 5.32 Å². The lowest BCUT2D eigenvalue weighted by Gasteiger charge is -2.36. The van der Waals surface area contributed by atoms with E-state index in [1.54, 1.807) is 0 Å². The van der Waals surface area contributed by atoms with Gasteiger partial charge in [0.2, 0.25) is 5.91 Å². The highest BCUT2D eigenvalue weighted by molar-refractivity contribution is 5.87.